The molecule has 0 aliphatic rings. The fourth-order valence-electron chi connectivity index (χ4n) is 2.54. The van der Waals surface area contributed by atoms with E-state index in [2.05, 4.69) is 5.32 Å². The zero-order valence-corrected chi connectivity index (χ0v) is 14.4. The van der Waals surface area contributed by atoms with Crippen molar-refractivity contribution >= 4 is 23.5 Å². The van der Waals surface area contributed by atoms with Crippen LogP contribution in [-0.4, -0.2) is 24.4 Å². The lowest BCUT2D eigenvalue weighted by Crippen LogP contribution is -2.22. The fourth-order valence-corrected chi connectivity index (χ4v) is 2.54. The SMILES string of the molecule is Cc1cc(C)c(NC(=O)COC(=O)c2ccc(C(N)=O)cc2)c(C)c1. The summed E-state index contributed by atoms with van der Waals surface area (Å²) in [6.07, 6.45) is 0. The molecule has 0 fully saturated rings. The molecule has 6 heteroatoms. The number of rotatable bonds is 5. The third-order valence-corrected chi connectivity index (χ3v) is 3.68. The van der Waals surface area contributed by atoms with Crippen molar-refractivity contribution in [2.24, 2.45) is 5.73 Å². The number of nitrogens with two attached hydrogens (primary N) is 1. The number of carbonyl (C=O) groups excluding carboxylic acids is 3. The number of hydrogen-bond acceptors (Lipinski definition) is 4. The topological polar surface area (TPSA) is 98.5 Å². The number of benzene rings is 2. The van der Waals surface area contributed by atoms with Crippen LogP contribution in [0, 0.1) is 20.8 Å². The van der Waals surface area contributed by atoms with Gasteiger partial charge in [0.1, 0.15) is 0 Å². The van der Waals surface area contributed by atoms with Gasteiger partial charge in [0.2, 0.25) is 5.91 Å². The maximum Gasteiger partial charge on any atom is 0.338 e. The second kappa shape index (κ2) is 7.61. The van der Waals surface area contributed by atoms with Crippen LogP contribution < -0.4 is 11.1 Å². The molecular weight excluding hydrogens is 320 g/mol. The van der Waals surface area contributed by atoms with Gasteiger partial charge in [-0.25, -0.2) is 4.79 Å². The van der Waals surface area contributed by atoms with Crippen molar-refractivity contribution in [3.8, 4) is 0 Å². The molecule has 0 saturated carbocycles. The molecule has 25 heavy (non-hydrogen) atoms. The molecule has 0 atom stereocenters. The Kier molecular flexibility index (Phi) is 5.54. The molecule has 0 bridgehead atoms. The van der Waals surface area contributed by atoms with E-state index in [1.165, 1.54) is 24.3 Å². The van der Waals surface area contributed by atoms with Crippen molar-refractivity contribution in [2.75, 3.05) is 11.9 Å². The molecule has 2 aromatic carbocycles. The highest BCUT2D eigenvalue weighted by Crippen LogP contribution is 2.21. The summed E-state index contributed by atoms with van der Waals surface area (Å²) in [5.41, 5.74) is 9.38. The Morgan fingerprint density at radius 3 is 2.00 bits per heavy atom. The van der Waals surface area contributed by atoms with Crippen LogP contribution >= 0.6 is 0 Å². The molecular formula is C19H20N2O4. The molecule has 0 unspecified atom stereocenters. The Balaban J connectivity index is 1.96. The molecule has 0 heterocycles. The van der Waals surface area contributed by atoms with Gasteiger partial charge in [-0.3, -0.25) is 9.59 Å². The molecule has 2 amide bonds. The van der Waals surface area contributed by atoms with Gasteiger partial charge in [0.15, 0.2) is 6.61 Å². The molecule has 3 N–H and O–H groups in total. The van der Waals surface area contributed by atoms with Gasteiger partial charge >= 0.3 is 5.97 Å². The third-order valence-electron chi connectivity index (χ3n) is 3.68. The van der Waals surface area contributed by atoms with Crippen molar-refractivity contribution in [3.63, 3.8) is 0 Å². The Bertz CT molecular complexity index is 803. The van der Waals surface area contributed by atoms with Crippen LogP contribution in [0.4, 0.5) is 5.69 Å². The highest BCUT2D eigenvalue weighted by atomic mass is 16.5. The van der Waals surface area contributed by atoms with Crippen LogP contribution in [0.5, 0.6) is 0 Å². The highest BCUT2D eigenvalue weighted by Gasteiger charge is 2.13. The number of hydrogen-bond donors (Lipinski definition) is 2. The van der Waals surface area contributed by atoms with E-state index < -0.39 is 24.4 Å². The lowest BCUT2D eigenvalue weighted by molar-refractivity contribution is -0.119. The monoisotopic (exact) mass is 340 g/mol. The summed E-state index contributed by atoms with van der Waals surface area (Å²) >= 11 is 0. The van der Waals surface area contributed by atoms with Crippen LogP contribution in [-0.2, 0) is 9.53 Å². The van der Waals surface area contributed by atoms with Crippen LogP contribution in [0.25, 0.3) is 0 Å². The van der Waals surface area contributed by atoms with Gasteiger partial charge in [0.05, 0.1) is 5.56 Å². The Morgan fingerprint density at radius 1 is 0.960 bits per heavy atom. The first-order chi connectivity index (χ1) is 11.8. The molecule has 0 radical (unpaired) electrons. The summed E-state index contributed by atoms with van der Waals surface area (Å²) in [7, 11) is 0. The molecule has 0 aliphatic carbocycles. The second-order valence-electron chi connectivity index (χ2n) is 5.84. The minimum atomic E-state index is -0.650. The van der Waals surface area contributed by atoms with E-state index in [4.69, 9.17) is 10.5 Å². The second-order valence-corrected chi connectivity index (χ2v) is 5.84. The van der Waals surface area contributed by atoms with Crippen LogP contribution in [0.15, 0.2) is 36.4 Å². The van der Waals surface area contributed by atoms with E-state index in [9.17, 15) is 14.4 Å². The molecule has 2 aromatic rings. The van der Waals surface area contributed by atoms with E-state index in [1.807, 2.05) is 32.9 Å². The van der Waals surface area contributed by atoms with E-state index in [1.54, 1.807) is 0 Å². The van der Waals surface area contributed by atoms with Gasteiger partial charge in [0.25, 0.3) is 5.91 Å². The minimum Gasteiger partial charge on any atom is -0.452 e. The van der Waals surface area contributed by atoms with Crippen LogP contribution in [0.1, 0.15) is 37.4 Å². The van der Waals surface area contributed by atoms with E-state index in [0.29, 0.717) is 5.56 Å². The minimum absolute atomic E-state index is 0.237. The maximum absolute atomic E-state index is 12.0. The average Bonchev–Trinajstić information content (AvgIpc) is 2.56. The first-order valence-corrected chi connectivity index (χ1v) is 7.72. The number of nitrogens with one attached hydrogen (secondary N) is 1. The summed E-state index contributed by atoms with van der Waals surface area (Å²) in [6.45, 7) is 5.39. The Hall–Kier alpha value is -3.15. The number of ether oxygens (including phenoxy) is 1. The molecule has 0 aliphatic heterocycles. The summed E-state index contributed by atoms with van der Waals surface area (Å²) in [5, 5.41) is 2.76. The number of carbonyl (C=O) groups is 3. The zero-order valence-electron chi connectivity index (χ0n) is 14.4. The van der Waals surface area contributed by atoms with Crippen molar-refractivity contribution in [3.05, 3.63) is 64.2 Å². The van der Waals surface area contributed by atoms with Gasteiger partial charge in [-0.1, -0.05) is 17.7 Å². The predicted octanol–water partition coefficient (Wildman–Crippen LogP) is 2.51. The quantitative estimate of drug-likeness (QED) is 0.817. The largest absolute Gasteiger partial charge is 0.452 e. The molecule has 2 rings (SSSR count). The van der Waals surface area contributed by atoms with Gasteiger partial charge in [-0.2, -0.15) is 0 Å². The maximum atomic E-state index is 12.0. The third kappa shape index (κ3) is 4.67. The fraction of sp³-hybridized carbons (Fsp3) is 0.211. The first kappa shape index (κ1) is 18.2. The summed E-state index contributed by atoms with van der Waals surface area (Å²) < 4.78 is 5.00. The van der Waals surface area contributed by atoms with Crippen molar-refractivity contribution in [1.82, 2.24) is 0 Å². The Morgan fingerprint density at radius 2 is 1.48 bits per heavy atom. The standard InChI is InChI=1S/C19H20N2O4/c1-11-8-12(2)17(13(3)9-11)21-16(22)10-25-19(24)15-6-4-14(5-7-15)18(20)23/h4-9H,10H2,1-3H3,(H2,20,23)(H,21,22). The number of primary amides is 1. The van der Waals surface area contributed by atoms with E-state index >= 15 is 0 Å². The average molecular weight is 340 g/mol. The van der Waals surface area contributed by atoms with Crippen LogP contribution in [0.2, 0.25) is 0 Å². The van der Waals surface area contributed by atoms with Gasteiger partial charge in [-0.15, -0.1) is 0 Å². The normalized spacial score (nSPS) is 10.2. The lowest BCUT2D eigenvalue weighted by Gasteiger charge is -2.13. The number of amides is 2. The van der Waals surface area contributed by atoms with Gasteiger partial charge in [0, 0.05) is 11.3 Å². The first-order valence-electron chi connectivity index (χ1n) is 7.72. The Labute approximate surface area is 146 Å². The molecule has 0 spiro atoms. The summed E-state index contributed by atoms with van der Waals surface area (Å²) in [4.78, 5) is 35.0. The predicted molar refractivity (Wildman–Crippen MR) is 94.5 cm³/mol. The number of anilines is 1. The highest BCUT2D eigenvalue weighted by molar-refractivity contribution is 5.97. The van der Waals surface area contributed by atoms with Crippen molar-refractivity contribution in [2.45, 2.75) is 20.8 Å². The molecule has 0 aromatic heterocycles. The summed E-state index contributed by atoms with van der Waals surface area (Å²) in [5.74, 6) is -1.65. The molecule has 6 nitrogen and oxygen atoms in total. The molecule has 0 saturated heterocycles. The van der Waals surface area contributed by atoms with Gasteiger partial charge < -0.3 is 15.8 Å². The number of aryl methyl sites for hydroxylation is 3. The molecule has 130 valence electrons. The van der Waals surface area contributed by atoms with E-state index in [0.717, 1.165) is 22.4 Å². The summed E-state index contributed by atoms with van der Waals surface area (Å²) in [6, 6.07) is 9.64. The van der Waals surface area contributed by atoms with Crippen LogP contribution in [0.3, 0.4) is 0 Å². The zero-order chi connectivity index (χ0) is 18.6. The number of esters is 1. The van der Waals surface area contributed by atoms with Crippen molar-refractivity contribution < 1.29 is 19.1 Å². The smallest absolute Gasteiger partial charge is 0.338 e. The van der Waals surface area contributed by atoms with Gasteiger partial charge in [-0.05, 0) is 56.2 Å². The lowest BCUT2D eigenvalue weighted by atomic mass is 10.1. The van der Waals surface area contributed by atoms with E-state index in [-0.39, 0.29) is 5.56 Å². The van der Waals surface area contributed by atoms with Crippen molar-refractivity contribution in [1.29, 1.82) is 0 Å².